The summed E-state index contributed by atoms with van der Waals surface area (Å²) >= 11 is 7.42. The second-order valence-electron chi connectivity index (χ2n) is 11.9. The molecule has 1 aromatic heterocycles. The smallest absolute Gasteiger partial charge is 0.240 e. The molecule has 13 heteroatoms. The van der Waals surface area contributed by atoms with Gasteiger partial charge in [0, 0.05) is 22.9 Å². The molecule has 1 unspecified atom stereocenters. The summed E-state index contributed by atoms with van der Waals surface area (Å²) in [6.45, 7) is 0.614. The number of rotatable bonds is 11. The van der Waals surface area contributed by atoms with Crippen molar-refractivity contribution in [2.24, 2.45) is 0 Å². The first-order valence-electron chi connectivity index (χ1n) is 14.4. The first kappa shape index (κ1) is 33.3. The van der Waals surface area contributed by atoms with Gasteiger partial charge in [-0.1, -0.05) is 29.4 Å². The van der Waals surface area contributed by atoms with E-state index >= 15 is 8.78 Å². The van der Waals surface area contributed by atoms with Crippen molar-refractivity contribution in [1.29, 1.82) is 0 Å². The van der Waals surface area contributed by atoms with Crippen LogP contribution in [0.5, 0.6) is 5.75 Å². The Hall–Kier alpha value is -3.03. The Labute approximate surface area is 271 Å². The quantitative estimate of drug-likeness (QED) is 0.141. The van der Waals surface area contributed by atoms with Gasteiger partial charge in [-0.05, 0) is 73.4 Å². The topological polar surface area (TPSA) is 73.2 Å². The molecule has 0 saturated heterocycles. The molecule has 7 nitrogen and oxygen atoms in total. The number of fused-ring (bicyclic) bond motifs is 1. The number of nitrogens with one attached hydrogen (secondary N) is 1. The van der Waals surface area contributed by atoms with E-state index in [9.17, 15) is 12.8 Å². The van der Waals surface area contributed by atoms with Gasteiger partial charge in [0.15, 0.2) is 5.16 Å². The van der Waals surface area contributed by atoms with E-state index in [0.717, 1.165) is 53.7 Å². The van der Waals surface area contributed by atoms with E-state index < -0.39 is 32.4 Å². The number of hydrogen-bond acceptors (Lipinski definition) is 5. The molecule has 0 saturated carbocycles. The van der Waals surface area contributed by atoms with Crippen molar-refractivity contribution in [1.82, 2.24) is 14.3 Å². The minimum Gasteiger partial charge on any atom is -0.495 e. The monoisotopic (exact) mass is 679 g/mol. The second kappa shape index (κ2) is 13.4. The number of thioether (sulfide) groups is 1. The fraction of sp³-hybridized carbons (Fsp3) is 0.344. The lowest BCUT2D eigenvalue weighted by Gasteiger charge is -2.26. The average Bonchev–Trinajstić information content (AvgIpc) is 3.35. The van der Waals surface area contributed by atoms with Crippen LogP contribution in [0.2, 0.25) is 5.02 Å². The average molecular weight is 680 g/mol. The van der Waals surface area contributed by atoms with Crippen LogP contribution in [0.25, 0.3) is 5.69 Å². The first-order chi connectivity index (χ1) is 21.3. The molecule has 5 rings (SSSR count). The Morgan fingerprint density at radius 3 is 2.40 bits per heavy atom. The number of imidazole rings is 1. The predicted molar refractivity (Wildman–Crippen MR) is 170 cm³/mol. The number of ether oxygens (including phenoxy) is 1. The number of benzene rings is 3. The Morgan fingerprint density at radius 2 is 1.76 bits per heavy atom. The van der Waals surface area contributed by atoms with Gasteiger partial charge in [-0.15, -0.1) is 0 Å². The van der Waals surface area contributed by atoms with Crippen LogP contribution < -0.4 is 9.46 Å². The molecule has 0 radical (unpaired) electrons. The highest BCUT2D eigenvalue weighted by Crippen LogP contribution is 2.43. The molecule has 4 aromatic rings. The molecule has 0 spiro atoms. The van der Waals surface area contributed by atoms with Crippen molar-refractivity contribution in [2.75, 3.05) is 41.3 Å². The lowest BCUT2D eigenvalue weighted by molar-refractivity contribution is -0.869. The number of nitrogens with zero attached hydrogens (tertiary/aromatic N) is 3. The van der Waals surface area contributed by atoms with E-state index in [-0.39, 0.29) is 23.8 Å². The fourth-order valence-electron chi connectivity index (χ4n) is 5.37. The maximum absolute atomic E-state index is 15.3. The minimum absolute atomic E-state index is 0.0886. The van der Waals surface area contributed by atoms with Crippen LogP contribution >= 0.6 is 23.4 Å². The van der Waals surface area contributed by atoms with E-state index in [4.69, 9.17) is 21.3 Å². The van der Waals surface area contributed by atoms with Crippen LogP contribution in [0, 0.1) is 17.5 Å². The standard InChI is InChI=1S/C32H35ClF3N4O3S2/c1-40(2,3)15-14-37-45(41,42)23-17-27(35)25(28(36)18-23)19-44-32-38-29-7-5-6-24(20-8-13-26(33)30(16-20)43-4)31(29)39(32)22-11-9-21(34)10-12-22/h8-13,16-18,24,37H,5-7,14-15,19H2,1-4H3/q+1. The van der Waals surface area contributed by atoms with Crippen molar-refractivity contribution < 1.29 is 30.8 Å². The third-order valence-electron chi connectivity index (χ3n) is 7.70. The predicted octanol–water partition coefficient (Wildman–Crippen LogP) is 6.70. The number of quaternary nitrogens is 1. The summed E-state index contributed by atoms with van der Waals surface area (Å²) < 4.78 is 80.3. The summed E-state index contributed by atoms with van der Waals surface area (Å²) in [5.74, 6) is -2.02. The Balaban J connectivity index is 1.48. The van der Waals surface area contributed by atoms with Crippen LogP contribution in [-0.2, 0) is 22.2 Å². The van der Waals surface area contributed by atoms with Crippen LogP contribution in [0.4, 0.5) is 13.2 Å². The van der Waals surface area contributed by atoms with Gasteiger partial charge in [-0.3, -0.25) is 4.57 Å². The molecule has 1 N–H and O–H groups in total. The molecule has 0 amide bonds. The Bertz CT molecular complexity index is 1790. The number of sulfonamides is 1. The summed E-state index contributed by atoms with van der Waals surface area (Å²) in [6.07, 6.45) is 2.39. The summed E-state index contributed by atoms with van der Waals surface area (Å²) in [5.41, 5.74) is 3.11. The van der Waals surface area contributed by atoms with Crippen LogP contribution in [-0.4, -0.2) is 63.8 Å². The Morgan fingerprint density at radius 1 is 1.07 bits per heavy atom. The normalized spacial score (nSPS) is 15.2. The SMILES string of the molecule is COc1cc(C2CCCc3nc(SCc4c(F)cc(S(=O)(=O)NCC[N+](C)(C)C)cc4F)n(-c4ccc(F)cc4)c32)ccc1Cl. The van der Waals surface area contributed by atoms with E-state index in [0.29, 0.717) is 39.1 Å². The number of methoxy groups -OCH3 is 1. The van der Waals surface area contributed by atoms with Gasteiger partial charge < -0.3 is 9.22 Å². The molecule has 1 aliphatic carbocycles. The van der Waals surface area contributed by atoms with Gasteiger partial charge in [-0.2, -0.15) is 0 Å². The molecule has 1 heterocycles. The zero-order valence-corrected chi connectivity index (χ0v) is 27.8. The van der Waals surface area contributed by atoms with E-state index in [2.05, 4.69) is 4.72 Å². The van der Waals surface area contributed by atoms with Crippen molar-refractivity contribution in [3.63, 3.8) is 0 Å². The lowest BCUT2D eigenvalue weighted by Crippen LogP contribution is -2.41. The van der Waals surface area contributed by atoms with Crippen molar-refractivity contribution in [3.05, 3.63) is 99.6 Å². The van der Waals surface area contributed by atoms with Gasteiger partial charge in [0.05, 0.1) is 62.6 Å². The van der Waals surface area contributed by atoms with Crippen LogP contribution in [0.3, 0.4) is 0 Å². The summed E-state index contributed by atoms with van der Waals surface area (Å²) in [7, 11) is 3.17. The fourth-order valence-corrected chi connectivity index (χ4v) is 7.66. The van der Waals surface area contributed by atoms with Crippen molar-refractivity contribution in [2.45, 2.75) is 41.0 Å². The highest BCUT2D eigenvalue weighted by molar-refractivity contribution is 7.98. The summed E-state index contributed by atoms with van der Waals surface area (Å²) in [5, 5.41) is 0.972. The third kappa shape index (κ3) is 7.52. The molecule has 240 valence electrons. The highest BCUT2D eigenvalue weighted by atomic mass is 35.5. The maximum Gasteiger partial charge on any atom is 0.240 e. The molecular weight excluding hydrogens is 645 g/mol. The molecule has 45 heavy (non-hydrogen) atoms. The molecular formula is C32H35ClF3N4O3S2+. The number of likely N-dealkylation sites (N-methyl/N-ethyl adjacent to an activating group) is 1. The summed E-state index contributed by atoms with van der Waals surface area (Å²) in [6, 6.07) is 13.3. The molecule has 1 atom stereocenters. The maximum atomic E-state index is 15.3. The van der Waals surface area contributed by atoms with Crippen LogP contribution in [0.1, 0.15) is 41.3 Å². The molecule has 0 aliphatic heterocycles. The molecule has 1 aliphatic rings. The van der Waals surface area contributed by atoms with E-state index in [1.807, 2.05) is 37.8 Å². The Kier molecular flexibility index (Phi) is 9.90. The summed E-state index contributed by atoms with van der Waals surface area (Å²) in [4.78, 5) is 4.42. The number of hydrogen-bond donors (Lipinski definition) is 1. The zero-order chi connectivity index (χ0) is 32.5. The minimum atomic E-state index is -4.11. The second-order valence-corrected chi connectivity index (χ2v) is 15.1. The van der Waals surface area contributed by atoms with Gasteiger partial charge >= 0.3 is 0 Å². The zero-order valence-electron chi connectivity index (χ0n) is 25.4. The number of halogens is 4. The van der Waals surface area contributed by atoms with Gasteiger partial charge in [0.1, 0.15) is 23.2 Å². The van der Waals surface area contributed by atoms with E-state index in [1.165, 1.54) is 12.1 Å². The third-order valence-corrected chi connectivity index (χ3v) is 10.4. The lowest BCUT2D eigenvalue weighted by atomic mass is 9.84. The molecule has 0 bridgehead atoms. The first-order valence-corrected chi connectivity index (χ1v) is 17.2. The highest BCUT2D eigenvalue weighted by Gasteiger charge is 2.31. The van der Waals surface area contributed by atoms with Gasteiger partial charge in [-0.25, -0.2) is 31.3 Å². The van der Waals surface area contributed by atoms with Gasteiger partial charge in [0.25, 0.3) is 0 Å². The van der Waals surface area contributed by atoms with E-state index in [1.54, 1.807) is 25.3 Å². The number of aryl methyl sites for hydroxylation is 1. The van der Waals surface area contributed by atoms with Crippen LogP contribution in [0.15, 0.2) is 64.6 Å². The molecule has 0 fully saturated rings. The van der Waals surface area contributed by atoms with Crippen molar-refractivity contribution >= 4 is 33.4 Å². The largest absolute Gasteiger partial charge is 0.495 e. The number of aromatic nitrogens is 2. The molecule has 3 aromatic carbocycles. The van der Waals surface area contributed by atoms with Gasteiger partial charge in [0.2, 0.25) is 10.0 Å². The van der Waals surface area contributed by atoms with Crippen molar-refractivity contribution in [3.8, 4) is 11.4 Å².